The predicted octanol–water partition coefficient (Wildman–Crippen LogP) is 17.7. The monoisotopic (exact) mass is 904 g/mol. The lowest BCUT2D eigenvalue weighted by Crippen LogP contribution is -2.45. The number of carbonyl (C=O) groups is 2. The lowest BCUT2D eigenvalue weighted by atomic mass is 10.0. The van der Waals surface area contributed by atoms with E-state index in [1.165, 1.54) is 244 Å². The molecule has 0 aliphatic rings. The lowest BCUT2D eigenvalue weighted by molar-refractivity contribution is -0.143. The highest BCUT2D eigenvalue weighted by Gasteiger charge is 2.20. The van der Waals surface area contributed by atoms with Crippen molar-refractivity contribution in [3.8, 4) is 0 Å². The third kappa shape index (κ3) is 50.0. The van der Waals surface area contributed by atoms with E-state index in [1.807, 2.05) is 0 Å². The molecule has 0 fully saturated rings. The summed E-state index contributed by atoms with van der Waals surface area (Å²) in [4.78, 5) is 24.5. The minimum Gasteiger partial charge on any atom is -0.466 e. The van der Waals surface area contributed by atoms with E-state index in [-0.39, 0.29) is 18.5 Å². The maximum Gasteiger partial charge on any atom is 0.305 e. The Kier molecular flexibility index (Phi) is 53.0. The third-order valence-corrected chi connectivity index (χ3v) is 13.6. The molecule has 0 aliphatic heterocycles. The molecular formula is C58H113NO5. The van der Waals surface area contributed by atoms with Gasteiger partial charge in [-0.15, -0.1) is 0 Å². The molecule has 0 bridgehead atoms. The molecule has 6 heteroatoms. The number of rotatable bonds is 54. The van der Waals surface area contributed by atoms with Crippen LogP contribution in [-0.2, 0) is 14.3 Å². The molecule has 2 atom stereocenters. The highest BCUT2D eigenvalue weighted by Crippen LogP contribution is 2.17. The summed E-state index contributed by atoms with van der Waals surface area (Å²) >= 11 is 0. The van der Waals surface area contributed by atoms with Gasteiger partial charge in [0.2, 0.25) is 5.91 Å². The zero-order valence-corrected chi connectivity index (χ0v) is 43.3. The Balaban J connectivity index is 3.40. The van der Waals surface area contributed by atoms with Crippen LogP contribution in [-0.4, -0.2) is 47.4 Å². The summed E-state index contributed by atoms with van der Waals surface area (Å²) < 4.78 is 5.47. The van der Waals surface area contributed by atoms with Crippen LogP contribution in [0.4, 0.5) is 0 Å². The third-order valence-electron chi connectivity index (χ3n) is 13.6. The van der Waals surface area contributed by atoms with Gasteiger partial charge in [-0.05, 0) is 51.4 Å². The number of ether oxygens (including phenoxy) is 1. The SMILES string of the molecule is CCCCCCC/C=C\CCCCCCCC(=O)OCCCCCCCCCCCCCCCCCCCCC(=O)NC(CO)C(O)CCCCCCCCCCCCCCCCC. The van der Waals surface area contributed by atoms with Crippen LogP contribution in [0, 0.1) is 0 Å². The number of nitrogens with one attached hydrogen (secondary N) is 1. The second-order valence-electron chi connectivity index (χ2n) is 20.0. The zero-order valence-electron chi connectivity index (χ0n) is 43.3. The van der Waals surface area contributed by atoms with E-state index >= 15 is 0 Å². The summed E-state index contributed by atoms with van der Waals surface area (Å²) in [6.07, 6.45) is 63.4. The van der Waals surface area contributed by atoms with Crippen LogP contribution in [0.15, 0.2) is 12.2 Å². The molecule has 6 nitrogen and oxygen atoms in total. The van der Waals surface area contributed by atoms with Crippen molar-refractivity contribution in [2.75, 3.05) is 13.2 Å². The molecule has 0 aromatic carbocycles. The molecule has 0 aromatic rings. The number of unbranched alkanes of at least 4 members (excludes halogenated alkanes) is 41. The predicted molar refractivity (Wildman–Crippen MR) is 278 cm³/mol. The molecule has 0 rings (SSSR count). The summed E-state index contributed by atoms with van der Waals surface area (Å²) in [7, 11) is 0. The zero-order chi connectivity index (χ0) is 46.5. The number of carbonyl (C=O) groups excluding carboxylic acids is 2. The van der Waals surface area contributed by atoms with Crippen molar-refractivity contribution in [2.24, 2.45) is 0 Å². The van der Waals surface area contributed by atoms with Crippen LogP contribution in [0.25, 0.3) is 0 Å². The van der Waals surface area contributed by atoms with Crippen LogP contribution in [0.1, 0.15) is 322 Å². The first-order valence-corrected chi connectivity index (χ1v) is 28.9. The number of allylic oxidation sites excluding steroid dienone is 2. The van der Waals surface area contributed by atoms with Crippen molar-refractivity contribution in [1.29, 1.82) is 0 Å². The average molecular weight is 905 g/mol. The standard InChI is InChI=1S/C58H113NO5/c1-3-5-7-9-11-13-15-17-23-26-30-34-38-42-46-50-56(61)55(54-60)59-57(62)51-47-43-39-35-31-27-24-21-19-20-22-25-29-33-37-41-45-49-53-64-58(63)52-48-44-40-36-32-28-18-16-14-12-10-8-6-4-2/h16,18,55-56,60-61H,3-15,17,19-54H2,1-2H3,(H,59,62)/b18-16-. The number of hydrogen-bond acceptors (Lipinski definition) is 5. The summed E-state index contributed by atoms with van der Waals surface area (Å²) in [5, 5.41) is 23.3. The van der Waals surface area contributed by atoms with Crippen LogP contribution in [0.5, 0.6) is 0 Å². The summed E-state index contributed by atoms with van der Waals surface area (Å²) in [5.41, 5.74) is 0. The van der Waals surface area contributed by atoms with Gasteiger partial charge < -0.3 is 20.3 Å². The van der Waals surface area contributed by atoms with Crippen LogP contribution < -0.4 is 5.32 Å². The molecule has 1 amide bonds. The van der Waals surface area contributed by atoms with Gasteiger partial charge >= 0.3 is 5.97 Å². The quantitative estimate of drug-likeness (QED) is 0.0321. The highest BCUT2D eigenvalue weighted by molar-refractivity contribution is 5.76. The van der Waals surface area contributed by atoms with Gasteiger partial charge in [0.25, 0.3) is 0 Å². The van der Waals surface area contributed by atoms with Crippen molar-refractivity contribution in [3.63, 3.8) is 0 Å². The van der Waals surface area contributed by atoms with E-state index < -0.39 is 12.1 Å². The molecule has 0 aromatic heterocycles. The maximum atomic E-state index is 12.5. The van der Waals surface area contributed by atoms with Gasteiger partial charge in [-0.1, -0.05) is 270 Å². The molecule has 0 aliphatic carbocycles. The Morgan fingerprint density at radius 2 is 0.734 bits per heavy atom. The second kappa shape index (κ2) is 54.2. The molecule has 0 heterocycles. The van der Waals surface area contributed by atoms with Crippen LogP contribution >= 0.6 is 0 Å². The topological polar surface area (TPSA) is 95.9 Å². The van der Waals surface area contributed by atoms with Crippen molar-refractivity contribution in [3.05, 3.63) is 12.2 Å². The van der Waals surface area contributed by atoms with Gasteiger partial charge in [-0.25, -0.2) is 0 Å². The first kappa shape index (κ1) is 62.6. The first-order valence-electron chi connectivity index (χ1n) is 28.9. The smallest absolute Gasteiger partial charge is 0.305 e. The van der Waals surface area contributed by atoms with Gasteiger partial charge in [0, 0.05) is 12.8 Å². The number of hydrogen-bond donors (Lipinski definition) is 3. The van der Waals surface area contributed by atoms with Gasteiger partial charge in [-0.3, -0.25) is 9.59 Å². The summed E-state index contributed by atoms with van der Waals surface area (Å²) in [6.45, 7) is 4.95. The van der Waals surface area contributed by atoms with Gasteiger partial charge in [-0.2, -0.15) is 0 Å². The average Bonchev–Trinajstić information content (AvgIpc) is 3.29. The van der Waals surface area contributed by atoms with Gasteiger partial charge in [0.05, 0.1) is 25.4 Å². The fourth-order valence-corrected chi connectivity index (χ4v) is 9.11. The van der Waals surface area contributed by atoms with Crippen molar-refractivity contribution >= 4 is 11.9 Å². The molecule has 3 N–H and O–H groups in total. The van der Waals surface area contributed by atoms with Gasteiger partial charge in [0.1, 0.15) is 0 Å². The molecule has 0 radical (unpaired) electrons. The Labute approximate surface area is 399 Å². The normalized spacial score (nSPS) is 12.6. The van der Waals surface area contributed by atoms with Crippen molar-refractivity contribution in [2.45, 2.75) is 334 Å². The Bertz CT molecular complexity index is 955. The Morgan fingerprint density at radius 1 is 0.422 bits per heavy atom. The molecule has 0 spiro atoms. The largest absolute Gasteiger partial charge is 0.466 e. The molecule has 64 heavy (non-hydrogen) atoms. The highest BCUT2D eigenvalue weighted by atomic mass is 16.5. The Hall–Kier alpha value is -1.40. The molecular weight excluding hydrogens is 791 g/mol. The minimum atomic E-state index is -0.666. The molecule has 0 saturated carbocycles. The van der Waals surface area contributed by atoms with Gasteiger partial charge in [0.15, 0.2) is 0 Å². The lowest BCUT2D eigenvalue weighted by Gasteiger charge is -2.22. The van der Waals surface area contributed by atoms with E-state index in [0.29, 0.717) is 25.9 Å². The fourth-order valence-electron chi connectivity index (χ4n) is 9.11. The first-order chi connectivity index (χ1) is 31.5. The molecule has 380 valence electrons. The maximum absolute atomic E-state index is 12.5. The van der Waals surface area contributed by atoms with Crippen LogP contribution in [0.3, 0.4) is 0 Å². The number of aliphatic hydroxyl groups excluding tert-OH is 2. The number of amides is 1. The van der Waals surface area contributed by atoms with E-state index in [1.54, 1.807) is 0 Å². The van der Waals surface area contributed by atoms with E-state index in [9.17, 15) is 19.8 Å². The number of esters is 1. The fraction of sp³-hybridized carbons (Fsp3) is 0.931. The molecule has 2 unspecified atom stereocenters. The summed E-state index contributed by atoms with van der Waals surface area (Å²) in [5.74, 6) is -0.0378. The summed E-state index contributed by atoms with van der Waals surface area (Å²) in [6, 6.07) is -0.544. The molecule has 0 saturated heterocycles. The van der Waals surface area contributed by atoms with E-state index in [0.717, 1.165) is 44.9 Å². The van der Waals surface area contributed by atoms with Crippen LogP contribution in [0.2, 0.25) is 0 Å². The Morgan fingerprint density at radius 3 is 1.11 bits per heavy atom. The second-order valence-corrected chi connectivity index (χ2v) is 20.0. The number of aliphatic hydroxyl groups is 2. The van der Waals surface area contributed by atoms with E-state index in [4.69, 9.17) is 4.74 Å². The van der Waals surface area contributed by atoms with Crippen molar-refractivity contribution in [1.82, 2.24) is 5.32 Å². The van der Waals surface area contributed by atoms with Crippen molar-refractivity contribution < 1.29 is 24.5 Å². The minimum absolute atomic E-state index is 0.000654. The van der Waals surface area contributed by atoms with E-state index in [2.05, 4.69) is 31.3 Å².